The van der Waals surface area contributed by atoms with E-state index in [9.17, 15) is 0 Å². The van der Waals surface area contributed by atoms with Crippen LogP contribution in [0.1, 0.15) is 33.6 Å². The van der Waals surface area contributed by atoms with E-state index in [0.29, 0.717) is 23.8 Å². The van der Waals surface area contributed by atoms with Crippen LogP contribution >= 0.6 is 11.8 Å². The van der Waals surface area contributed by atoms with Crippen molar-refractivity contribution in [2.45, 2.75) is 50.9 Å². The van der Waals surface area contributed by atoms with E-state index in [1.54, 1.807) is 0 Å². The molecular formula is C11H20N2S. The van der Waals surface area contributed by atoms with Gasteiger partial charge in [-0.3, -0.25) is 4.90 Å². The number of thioether (sulfide) groups is 1. The number of rotatable bonds is 3. The van der Waals surface area contributed by atoms with Crippen LogP contribution in [0.4, 0.5) is 0 Å². The van der Waals surface area contributed by atoms with Gasteiger partial charge in [-0.1, -0.05) is 13.8 Å². The van der Waals surface area contributed by atoms with Crippen LogP contribution in [0.15, 0.2) is 0 Å². The van der Waals surface area contributed by atoms with Crippen molar-refractivity contribution in [2.75, 3.05) is 12.3 Å². The molecule has 0 N–H and O–H groups in total. The summed E-state index contributed by atoms with van der Waals surface area (Å²) in [6.07, 6.45) is 1.77. The smallest absolute Gasteiger partial charge is 0.0638 e. The monoisotopic (exact) mass is 212 g/mol. The van der Waals surface area contributed by atoms with Crippen LogP contribution < -0.4 is 0 Å². The average Bonchev–Trinajstić information content (AvgIpc) is 2.19. The summed E-state index contributed by atoms with van der Waals surface area (Å²) in [5, 5.41) is 9.47. The Balaban J connectivity index is 2.59. The van der Waals surface area contributed by atoms with Crippen LogP contribution in [-0.2, 0) is 0 Å². The van der Waals surface area contributed by atoms with Gasteiger partial charge in [0.15, 0.2) is 0 Å². The van der Waals surface area contributed by atoms with E-state index in [1.165, 1.54) is 5.75 Å². The van der Waals surface area contributed by atoms with Gasteiger partial charge >= 0.3 is 0 Å². The standard InChI is InChI=1S/C11H20N2S/c1-4-11(5-6-12)13-7-8-14-10(3)9(13)2/h9-11H,4-5,7-8H2,1-3H3. The molecule has 1 saturated heterocycles. The molecule has 0 bridgehead atoms. The van der Waals surface area contributed by atoms with Crippen LogP contribution in [-0.4, -0.2) is 34.5 Å². The van der Waals surface area contributed by atoms with Gasteiger partial charge in [0.05, 0.1) is 12.5 Å². The summed E-state index contributed by atoms with van der Waals surface area (Å²) in [5.74, 6) is 1.22. The molecule has 0 aromatic rings. The molecule has 0 spiro atoms. The van der Waals surface area contributed by atoms with Gasteiger partial charge in [0, 0.05) is 29.6 Å². The fraction of sp³-hybridized carbons (Fsp3) is 0.909. The third kappa shape index (κ3) is 2.65. The maximum Gasteiger partial charge on any atom is 0.0638 e. The number of nitriles is 1. The summed E-state index contributed by atoms with van der Waals surface area (Å²) in [6.45, 7) is 7.91. The molecule has 0 saturated carbocycles. The molecule has 1 aliphatic heterocycles. The fourth-order valence-corrected chi connectivity index (χ4v) is 3.20. The molecule has 14 heavy (non-hydrogen) atoms. The maximum atomic E-state index is 8.77. The Bertz CT molecular complexity index is 212. The van der Waals surface area contributed by atoms with Crippen molar-refractivity contribution in [1.82, 2.24) is 4.90 Å². The van der Waals surface area contributed by atoms with Gasteiger partial charge in [-0.15, -0.1) is 0 Å². The molecule has 1 heterocycles. The van der Waals surface area contributed by atoms with Crippen molar-refractivity contribution in [3.8, 4) is 6.07 Å². The molecule has 3 heteroatoms. The zero-order valence-electron chi connectivity index (χ0n) is 9.36. The highest BCUT2D eigenvalue weighted by Gasteiger charge is 2.29. The summed E-state index contributed by atoms with van der Waals surface area (Å²) < 4.78 is 0. The lowest BCUT2D eigenvalue weighted by Gasteiger charge is -2.41. The lowest BCUT2D eigenvalue weighted by atomic mass is 10.1. The molecule has 0 aromatic carbocycles. The zero-order chi connectivity index (χ0) is 10.6. The third-order valence-electron chi connectivity index (χ3n) is 3.20. The number of hydrogen-bond donors (Lipinski definition) is 0. The SMILES string of the molecule is CCC(CC#N)N1CCSC(C)C1C. The van der Waals surface area contributed by atoms with Gasteiger partial charge in [-0.2, -0.15) is 17.0 Å². The average molecular weight is 212 g/mol. The molecule has 3 unspecified atom stereocenters. The molecule has 1 fully saturated rings. The van der Waals surface area contributed by atoms with E-state index in [4.69, 9.17) is 5.26 Å². The highest BCUT2D eigenvalue weighted by molar-refractivity contribution is 8.00. The van der Waals surface area contributed by atoms with E-state index in [-0.39, 0.29) is 0 Å². The Morgan fingerprint density at radius 2 is 2.29 bits per heavy atom. The van der Waals surface area contributed by atoms with E-state index in [0.717, 1.165) is 13.0 Å². The van der Waals surface area contributed by atoms with Crippen molar-refractivity contribution >= 4 is 11.8 Å². The first kappa shape index (κ1) is 11.9. The minimum absolute atomic E-state index is 0.471. The summed E-state index contributed by atoms with van der Waals surface area (Å²) in [5.41, 5.74) is 0. The highest BCUT2D eigenvalue weighted by atomic mass is 32.2. The van der Waals surface area contributed by atoms with Gasteiger partial charge in [-0.25, -0.2) is 0 Å². The van der Waals surface area contributed by atoms with E-state index < -0.39 is 0 Å². The molecular weight excluding hydrogens is 192 g/mol. The summed E-state index contributed by atoms with van der Waals surface area (Å²) in [6, 6.07) is 3.39. The Morgan fingerprint density at radius 1 is 1.57 bits per heavy atom. The second kappa shape index (κ2) is 5.63. The van der Waals surface area contributed by atoms with Crippen molar-refractivity contribution in [3.05, 3.63) is 0 Å². The van der Waals surface area contributed by atoms with Gasteiger partial charge in [-0.05, 0) is 13.3 Å². The van der Waals surface area contributed by atoms with Crippen LogP contribution in [0.3, 0.4) is 0 Å². The molecule has 0 amide bonds. The minimum Gasteiger partial charge on any atom is -0.295 e. The van der Waals surface area contributed by atoms with Gasteiger partial charge < -0.3 is 0 Å². The van der Waals surface area contributed by atoms with Crippen molar-refractivity contribution in [3.63, 3.8) is 0 Å². The highest BCUT2D eigenvalue weighted by Crippen LogP contribution is 2.27. The van der Waals surface area contributed by atoms with Crippen molar-refractivity contribution < 1.29 is 0 Å². The summed E-state index contributed by atoms with van der Waals surface area (Å²) >= 11 is 2.05. The first-order valence-electron chi connectivity index (χ1n) is 5.45. The molecule has 1 rings (SSSR count). The van der Waals surface area contributed by atoms with Crippen LogP contribution in [0.2, 0.25) is 0 Å². The predicted molar refractivity (Wildman–Crippen MR) is 62.4 cm³/mol. The second-order valence-electron chi connectivity index (χ2n) is 3.98. The number of hydrogen-bond acceptors (Lipinski definition) is 3. The van der Waals surface area contributed by atoms with E-state index in [2.05, 4.69) is 43.5 Å². The maximum absolute atomic E-state index is 8.77. The number of nitrogens with zero attached hydrogens (tertiary/aromatic N) is 2. The molecule has 1 aliphatic rings. The van der Waals surface area contributed by atoms with E-state index in [1.807, 2.05) is 0 Å². The Morgan fingerprint density at radius 3 is 2.86 bits per heavy atom. The first-order valence-corrected chi connectivity index (χ1v) is 6.49. The second-order valence-corrected chi connectivity index (χ2v) is 5.46. The van der Waals surface area contributed by atoms with E-state index >= 15 is 0 Å². The lowest BCUT2D eigenvalue weighted by Crippen LogP contribution is -2.49. The van der Waals surface area contributed by atoms with Crippen LogP contribution in [0.5, 0.6) is 0 Å². The van der Waals surface area contributed by atoms with Gasteiger partial charge in [0.1, 0.15) is 0 Å². The fourth-order valence-electron chi connectivity index (χ4n) is 2.07. The predicted octanol–water partition coefficient (Wildman–Crippen LogP) is 2.50. The topological polar surface area (TPSA) is 27.0 Å². The Hall–Kier alpha value is -0.200. The minimum atomic E-state index is 0.471. The molecule has 0 aliphatic carbocycles. The van der Waals surface area contributed by atoms with Gasteiger partial charge in [0.2, 0.25) is 0 Å². The molecule has 80 valence electrons. The van der Waals surface area contributed by atoms with Crippen molar-refractivity contribution in [1.29, 1.82) is 5.26 Å². The molecule has 0 radical (unpaired) electrons. The molecule has 3 atom stereocenters. The molecule has 0 aromatic heterocycles. The third-order valence-corrected chi connectivity index (χ3v) is 4.54. The lowest BCUT2D eigenvalue weighted by molar-refractivity contribution is 0.144. The summed E-state index contributed by atoms with van der Waals surface area (Å²) in [4.78, 5) is 2.52. The first-order chi connectivity index (χ1) is 6.70. The zero-order valence-corrected chi connectivity index (χ0v) is 10.2. The van der Waals surface area contributed by atoms with Crippen LogP contribution in [0, 0.1) is 11.3 Å². The van der Waals surface area contributed by atoms with Crippen molar-refractivity contribution in [2.24, 2.45) is 0 Å². The molecule has 2 nitrogen and oxygen atoms in total. The van der Waals surface area contributed by atoms with Gasteiger partial charge in [0.25, 0.3) is 0 Å². The largest absolute Gasteiger partial charge is 0.295 e. The summed E-state index contributed by atoms with van der Waals surface area (Å²) in [7, 11) is 0. The normalized spacial score (nSPS) is 31.0. The quantitative estimate of drug-likeness (QED) is 0.719. The Labute approximate surface area is 91.7 Å². The Kier molecular flexibility index (Phi) is 4.77. The van der Waals surface area contributed by atoms with Crippen LogP contribution in [0.25, 0.3) is 0 Å².